The predicted molar refractivity (Wildman–Crippen MR) is 213 cm³/mol. The predicted octanol–water partition coefficient (Wildman–Crippen LogP) is 12.0. The van der Waals surface area contributed by atoms with Crippen molar-refractivity contribution in [1.29, 1.82) is 0 Å². The number of nitrogens with one attached hydrogen (secondary N) is 1. The lowest BCUT2D eigenvalue weighted by Gasteiger charge is -2.24. The Bertz CT molecular complexity index is 3110. The van der Waals surface area contributed by atoms with Gasteiger partial charge in [-0.2, -0.15) is 0 Å². The molecular formula is C47H29N3O2. The Morgan fingerprint density at radius 1 is 0.442 bits per heavy atom. The van der Waals surface area contributed by atoms with Crippen molar-refractivity contribution in [2.45, 2.75) is 6.17 Å². The summed E-state index contributed by atoms with van der Waals surface area (Å²) in [6.45, 7) is 0. The van der Waals surface area contributed by atoms with Crippen LogP contribution in [0.25, 0.3) is 76.5 Å². The van der Waals surface area contributed by atoms with Crippen molar-refractivity contribution in [1.82, 2.24) is 5.32 Å². The minimum atomic E-state index is -0.338. The van der Waals surface area contributed by atoms with Crippen molar-refractivity contribution in [2.75, 3.05) is 0 Å². The first-order chi connectivity index (χ1) is 25.8. The highest BCUT2D eigenvalue weighted by Crippen LogP contribution is 2.43. The molecule has 0 saturated heterocycles. The first kappa shape index (κ1) is 28.8. The summed E-state index contributed by atoms with van der Waals surface area (Å²) in [5.41, 5.74) is 8.49. The lowest BCUT2D eigenvalue weighted by atomic mass is 9.94. The van der Waals surface area contributed by atoms with Gasteiger partial charge in [-0.1, -0.05) is 133 Å². The summed E-state index contributed by atoms with van der Waals surface area (Å²) >= 11 is 0. The summed E-state index contributed by atoms with van der Waals surface area (Å²) in [6, 6.07) is 56.8. The maximum absolute atomic E-state index is 6.60. The molecule has 0 bridgehead atoms. The van der Waals surface area contributed by atoms with Gasteiger partial charge in [0.2, 0.25) is 0 Å². The highest BCUT2D eigenvalue weighted by Gasteiger charge is 2.25. The van der Waals surface area contributed by atoms with E-state index in [0.717, 1.165) is 82.9 Å². The van der Waals surface area contributed by atoms with Crippen LogP contribution in [0.3, 0.4) is 0 Å². The summed E-state index contributed by atoms with van der Waals surface area (Å²) < 4.78 is 12.9. The number of furan rings is 2. The molecule has 5 heteroatoms. The van der Waals surface area contributed by atoms with Crippen LogP contribution in [0.15, 0.2) is 183 Å². The first-order valence-electron chi connectivity index (χ1n) is 17.5. The molecule has 2 aromatic heterocycles. The Balaban J connectivity index is 1.13. The molecule has 0 spiro atoms. The second-order valence-electron chi connectivity index (χ2n) is 13.3. The molecule has 244 valence electrons. The number of nitrogens with zero attached hydrogens (tertiary/aromatic N) is 2. The minimum absolute atomic E-state index is 0.338. The van der Waals surface area contributed by atoms with Gasteiger partial charge in [0.15, 0.2) is 5.84 Å². The first-order valence-corrected chi connectivity index (χ1v) is 17.5. The zero-order valence-electron chi connectivity index (χ0n) is 27.9. The van der Waals surface area contributed by atoms with E-state index < -0.39 is 0 Å². The third-order valence-corrected chi connectivity index (χ3v) is 10.3. The molecule has 3 heterocycles. The maximum Gasteiger partial charge on any atom is 0.159 e. The van der Waals surface area contributed by atoms with Crippen LogP contribution >= 0.6 is 0 Å². The number of amidine groups is 2. The molecule has 0 amide bonds. The van der Waals surface area contributed by atoms with E-state index in [1.54, 1.807) is 0 Å². The van der Waals surface area contributed by atoms with Gasteiger partial charge >= 0.3 is 0 Å². The number of fused-ring (bicyclic) bond motifs is 9. The Morgan fingerprint density at radius 2 is 1.04 bits per heavy atom. The van der Waals surface area contributed by atoms with E-state index in [2.05, 4.69) is 127 Å². The third-order valence-electron chi connectivity index (χ3n) is 10.3. The minimum Gasteiger partial charge on any atom is -0.456 e. The van der Waals surface area contributed by atoms with Gasteiger partial charge in [-0.3, -0.25) is 0 Å². The van der Waals surface area contributed by atoms with E-state index in [9.17, 15) is 0 Å². The Morgan fingerprint density at radius 3 is 1.87 bits per heavy atom. The maximum atomic E-state index is 6.60. The van der Waals surface area contributed by atoms with Gasteiger partial charge in [-0.25, -0.2) is 9.98 Å². The van der Waals surface area contributed by atoms with Crippen LogP contribution in [0.5, 0.6) is 0 Å². The zero-order chi connectivity index (χ0) is 34.2. The van der Waals surface area contributed by atoms with Crippen molar-refractivity contribution < 1.29 is 8.83 Å². The fraction of sp³-hybridized carbons (Fsp3) is 0.0213. The normalized spacial score (nSPS) is 14.7. The third kappa shape index (κ3) is 4.42. The Hall–Kier alpha value is -6.98. The quantitative estimate of drug-likeness (QED) is 0.190. The topological polar surface area (TPSA) is 63.0 Å². The lowest BCUT2D eigenvalue weighted by Crippen LogP contribution is -2.33. The van der Waals surface area contributed by atoms with Gasteiger partial charge in [0.05, 0.1) is 0 Å². The van der Waals surface area contributed by atoms with Gasteiger partial charge < -0.3 is 14.2 Å². The fourth-order valence-electron chi connectivity index (χ4n) is 7.96. The summed E-state index contributed by atoms with van der Waals surface area (Å²) in [5, 5.41) is 12.7. The van der Waals surface area contributed by atoms with Crippen molar-refractivity contribution in [3.8, 4) is 11.1 Å². The molecule has 10 aromatic rings. The van der Waals surface area contributed by atoms with Crippen LogP contribution < -0.4 is 5.32 Å². The molecule has 1 aliphatic heterocycles. The van der Waals surface area contributed by atoms with E-state index in [-0.39, 0.29) is 6.17 Å². The monoisotopic (exact) mass is 667 g/mol. The number of rotatable bonds is 4. The summed E-state index contributed by atoms with van der Waals surface area (Å²) in [5.74, 6) is 1.42. The average Bonchev–Trinajstić information content (AvgIpc) is 3.80. The van der Waals surface area contributed by atoms with Gasteiger partial charge in [0.1, 0.15) is 34.3 Å². The molecule has 0 aliphatic carbocycles. The number of aliphatic imine (C=N–C) groups is 2. The molecule has 1 aliphatic rings. The molecule has 0 radical (unpaired) electrons. The Kier molecular flexibility index (Phi) is 6.25. The molecule has 8 aromatic carbocycles. The summed E-state index contributed by atoms with van der Waals surface area (Å²) in [7, 11) is 0. The van der Waals surface area contributed by atoms with Gasteiger partial charge in [0.25, 0.3) is 0 Å². The molecular weight excluding hydrogens is 639 g/mol. The van der Waals surface area contributed by atoms with E-state index in [1.165, 1.54) is 16.2 Å². The number of para-hydroxylation sites is 1. The molecule has 1 unspecified atom stereocenters. The van der Waals surface area contributed by atoms with Crippen LogP contribution in [0, 0.1) is 0 Å². The fourth-order valence-corrected chi connectivity index (χ4v) is 7.96. The summed E-state index contributed by atoms with van der Waals surface area (Å²) in [4.78, 5) is 10.5. The van der Waals surface area contributed by atoms with Crippen molar-refractivity contribution in [2.24, 2.45) is 9.98 Å². The molecule has 52 heavy (non-hydrogen) atoms. The van der Waals surface area contributed by atoms with Crippen LogP contribution in [0.2, 0.25) is 0 Å². The number of hydrogen-bond donors (Lipinski definition) is 1. The lowest BCUT2D eigenvalue weighted by molar-refractivity contribution is 0.667. The van der Waals surface area contributed by atoms with Gasteiger partial charge in [-0.05, 0) is 68.6 Å². The molecule has 0 saturated carbocycles. The van der Waals surface area contributed by atoms with Crippen molar-refractivity contribution in [3.05, 3.63) is 180 Å². The van der Waals surface area contributed by atoms with Crippen molar-refractivity contribution in [3.63, 3.8) is 0 Å². The second-order valence-corrected chi connectivity index (χ2v) is 13.3. The SMILES string of the molecule is c1ccc(C2N=C(c3ccc4c(ccc5ccccc54)c3)N=C(c3cccc4oc5cccc(-c6cccc7oc8ccccc8c67)c5c34)N2)cc1. The number of benzene rings is 8. The zero-order valence-corrected chi connectivity index (χ0v) is 27.9. The average molecular weight is 668 g/mol. The van der Waals surface area contributed by atoms with E-state index in [0.29, 0.717) is 5.84 Å². The largest absolute Gasteiger partial charge is 0.456 e. The molecule has 5 nitrogen and oxygen atoms in total. The van der Waals surface area contributed by atoms with Crippen LogP contribution in [0.4, 0.5) is 0 Å². The second kappa shape index (κ2) is 11.3. The van der Waals surface area contributed by atoms with Crippen LogP contribution in [0.1, 0.15) is 22.9 Å². The van der Waals surface area contributed by atoms with E-state index in [4.69, 9.17) is 18.8 Å². The highest BCUT2D eigenvalue weighted by atomic mass is 16.3. The molecule has 1 atom stereocenters. The standard InChI is InChI=1S/C47H29N3O2/c1-2-12-29(13-3-1)45-48-46(31-25-26-33-30(27-31)24-23-28-11-4-5-14-32(28)33)50-47(49-45)37-18-10-22-41-44(37)43-35(17-9-21-40(43)52-41)34-16-8-20-39-42(34)36-15-6-7-19-38(36)51-39/h1-27,45H,(H,48,49,50). The van der Waals surface area contributed by atoms with Crippen LogP contribution in [-0.2, 0) is 0 Å². The highest BCUT2D eigenvalue weighted by molar-refractivity contribution is 6.26. The van der Waals surface area contributed by atoms with E-state index in [1.807, 2.05) is 42.5 Å². The smallest absolute Gasteiger partial charge is 0.159 e. The van der Waals surface area contributed by atoms with Gasteiger partial charge in [0, 0.05) is 32.7 Å². The molecule has 11 rings (SSSR count). The molecule has 0 fully saturated rings. The summed E-state index contributed by atoms with van der Waals surface area (Å²) in [6.07, 6.45) is -0.338. The van der Waals surface area contributed by atoms with E-state index >= 15 is 0 Å². The molecule has 1 N–H and O–H groups in total. The Labute approximate surface area is 298 Å². The van der Waals surface area contributed by atoms with Crippen LogP contribution in [-0.4, -0.2) is 11.7 Å². The van der Waals surface area contributed by atoms with Gasteiger partial charge in [-0.15, -0.1) is 0 Å². The van der Waals surface area contributed by atoms with Crippen molar-refractivity contribution >= 4 is 77.1 Å². The number of hydrogen-bond acceptors (Lipinski definition) is 5.